The Morgan fingerprint density at radius 1 is 1.86 bits per heavy atom. The normalized spacial score (nSPS) is 9.14. The maximum absolute atomic E-state index is 7.95. The molecule has 0 N–H and O–H groups in total. The highest BCUT2D eigenvalue weighted by atomic mass is 32.2. The maximum Gasteiger partial charge on any atom is 0.137 e. The fourth-order valence-corrected chi connectivity index (χ4v) is 0.524. The van der Waals surface area contributed by atoms with Crippen LogP contribution in [0.3, 0.4) is 0 Å². The first-order valence-corrected chi connectivity index (χ1v) is 2.99. The molecule has 0 bridgehead atoms. The molecule has 0 aliphatic carbocycles. The van der Waals surface area contributed by atoms with Gasteiger partial charge in [0.25, 0.3) is 0 Å². The second-order valence-corrected chi connectivity index (χ2v) is 1.68. The number of nitriles is 1. The van der Waals surface area contributed by atoms with E-state index in [1.165, 1.54) is 0 Å². The van der Waals surface area contributed by atoms with Crippen LogP contribution < -0.4 is 0 Å². The summed E-state index contributed by atoms with van der Waals surface area (Å²) in [6.45, 7) is 2.04. The fraction of sp³-hybridized carbons (Fsp3) is 0.400. The highest BCUT2D eigenvalue weighted by Crippen LogP contribution is 1.97. The van der Waals surface area contributed by atoms with Gasteiger partial charge in [-0.15, -0.1) is 0 Å². The third-order valence-electron chi connectivity index (χ3n) is 0.453. The van der Waals surface area contributed by atoms with E-state index in [2.05, 4.69) is 0 Å². The minimum absolute atomic E-state index is 1.01. The van der Waals surface area contributed by atoms with E-state index in [0.717, 1.165) is 18.2 Å². The molecule has 0 spiro atoms. The first kappa shape index (κ1) is 6.58. The average Bonchev–Trinajstić information content (AvgIpc) is 1.69. The summed E-state index contributed by atoms with van der Waals surface area (Å²) in [7, 11) is 0. The van der Waals surface area contributed by atoms with Gasteiger partial charge in [0.1, 0.15) is 5.40 Å². The molecule has 0 saturated carbocycles. The molecule has 0 heterocycles. The lowest BCUT2D eigenvalue weighted by atomic mass is 10.5. The van der Waals surface area contributed by atoms with Crippen molar-refractivity contribution < 1.29 is 0 Å². The van der Waals surface area contributed by atoms with Crippen LogP contribution in [0.25, 0.3) is 0 Å². The van der Waals surface area contributed by atoms with Crippen LogP contribution in [0.5, 0.6) is 0 Å². The molecule has 0 aliphatic rings. The summed E-state index contributed by atoms with van der Waals surface area (Å²) in [5.74, 6) is 0. The summed E-state index contributed by atoms with van der Waals surface area (Å²) >= 11 is 1.16. The molecule has 0 aromatic carbocycles. The van der Waals surface area contributed by atoms with Crippen LogP contribution in [-0.4, -0.2) is 0 Å². The highest BCUT2D eigenvalue weighted by molar-refractivity contribution is 8.06. The largest absolute Gasteiger partial charge is 0.185 e. The number of allylic oxidation sites excluding steroid dienone is 1. The lowest BCUT2D eigenvalue weighted by Gasteiger charge is -1.70. The summed E-state index contributed by atoms with van der Waals surface area (Å²) < 4.78 is 0. The summed E-state index contributed by atoms with van der Waals surface area (Å²) in [6, 6.07) is 0. The van der Waals surface area contributed by atoms with Gasteiger partial charge in [0, 0.05) is 0 Å². The number of rotatable bonds is 2. The Morgan fingerprint density at radius 3 is 3.00 bits per heavy atom. The van der Waals surface area contributed by atoms with Crippen LogP contribution in [0, 0.1) is 10.7 Å². The summed E-state index contributed by atoms with van der Waals surface area (Å²) in [4.78, 5) is 0. The molecule has 2 heteroatoms. The molecular formula is C5H7NS. The Balaban J connectivity index is 2.97. The van der Waals surface area contributed by atoms with Crippen LogP contribution in [0.4, 0.5) is 0 Å². The highest BCUT2D eigenvalue weighted by Gasteiger charge is 1.66. The Hall–Kier alpha value is -0.420. The minimum atomic E-state index is 1.01. The van der Waals surface area contributed by atoms with E-state index in [9.17, 15) is 0 Å². The number of thioether (sulfide) groups is 1. The van der Waals surface area contributed by atoms with Crippen LogP contribution in [0.2, 0.25) is 0 Å². The number of thiocyanates is 1. The fourth-order valence-electron chi connectivity index (χ4n) is 0.175. The topological polar surface area (TPSA) is 23.8 Å². The quantitative estimate of drug-likeness (QED) is 0.512. The molecule has 0 rings (SSSR count). The van der Waals surface area contributed by atoms with E-state index in [1.807, 2.05) is 18.4 Å². The Kier molecular flexibility index (Phi) is 5.25. The molecule has 0 unspecified atom stereocenters. The van der Waals surface area contributed by atoms with Crippen molar-refractivity contribution in [2.45, 2.75) is 13.3 Å². The van der Waals surface area contributed by atoms with Gasteiger partial charge in [-0.05, 0) is 23.6 Å². The van der Waals surface area contributed by atoms with Gasteiger partial charge >= 0.3 is 0 Å². The molecule has 0 aromatic rings. The summed E-state index contributed by atoms with van der Waals surface area (Å²) in [6.07, 6.45) is 2.96. The van der Waals surface area contributed by atoms with Crippen molar-refractivity contribution in [1.29, 1.82) is 5.26 Å². The molecule has 0 radical (unpaired) electrons. The number of nitrogens with zero attached hydrogens (tertiary/aromatic N) is 1. The maximum atomic E-state index is 7.95. The van der Waals surface area contributed by atoms with E-state index in [-0.39, 0.29) is 0 Å². The molecule has 0 atom stereocenters. The average molecular weight is 113 g/mol. The third kappa shape index (κ3) is 5.58. The van der Waals surface area contributed by atoms with E-state index in [0.29, 0.717) is 0 Å². The number of hydrogen-bond acceptors (Lipinski definition) is 2. The van der Waals surface area contributed by atoms with Crippen molar-refractivity contribution in [2.24, 2.45) is 0 Å². The van der Waals surface area contributed by atoms with Crippen LogP contribution in [0.1, 0.15) is 13.3 Å². The molecule has 0 aliphatic heterocycles. The van der Waals surface area contributed by atoms with Gasteiger partial charge in [0.2, 0.25) is 0 Å². The monoisotopic (exact) mass is 113 g/mol. The van der Waals surface area contributed by atoms with Crippen molar-refractivity contribution in [3.8, 4) is 5.40 Å². The van der Waals surface area contributed by atoms with Gasteiger partial charge in [-0.1, -0.05) is 13.0 Å². The molecule has 0 saturated heterocycles. The minimum Gasteiger partial charge on any atom is -0.185 e. The van der Waals surface area contributed by atoms with Crippen LogP contribution in [-0.2, 0) is 0 Å². The Labute approximate surface area is 48.0 Å². The second-order valence-electron chi connectivity index (χ2n) is 0.989. The summed E-state index contributed by atoms with van der Waals surface area (Å²) in [5, 5.41) is 11.7. The zero-order valence-corrected chi connectivity index (χ0v) is 5.03. The SMILES string of the molecule is CC/C=C/SC#N. The zero-order chi connectivity index (χ0) is 5.54. The van der Waals surface area contributed by atoms with Gasteiger partial charge < -0.3 is 0 Å². The molecule has 7 heavy (non-hydrogen) atoms. The van der Waals surface area contributed by atoms with Crippen molar-refractivity contribution in [3.05, 3.63) is 11.5 Å². The molecule has 0 aromatic heterocycles. The standard InChI is InChI=1S/C5H7NS/c1-2-3-4-7-5-6/h3-4H,2H2,1H3/b4-3+. The van der Waals surface area contributed by atoms with Gasteiger partial charge in [-0.3, -0.25) is 0 Å². The Bertz CT molecular complexity index is 90.7. The van der Waals surface area contributed by atoms with Gasteiger partial charge in [0.05, 0.1) is 0 Å². The lowest BCUT2D eigenvalue weighted by Crippen LogP contribution is -1.46. The molecule has 38 valence electrons. The number of hydrogen-bond donors (Lipinski definition) is 0. The van der Waals surface area contributed by atoms with Gasteiger partial charge in [-0.2, -0.15) is 5.26 Å². The van der Waals surface area contributed by atoms with Crippen LogP contribution in [0.15, 0.2) is 11.5 Å². The molecule has 1 nitrogen and oxygen atoms in total. The second kappa shape index (κ2) is 5.58. The van der Waals surface area contributed by atoms with Crippen molar-refractivity contribution in [2.75, 3.05) is 0 Å². The van der Waals surface area contributed by atoms with E-state index < -0.39 is 0 Å². The Morgan fingerprint density at radius 2 is 2.57 bits per heavy atom. The van der Waals surface area contributed by atoms with Gasteiger partial charge in [-0.25, -0.2) is 0 Å². The van der Waals surface area contributed by atoms with Gasteiger partial charge in [0.15, 0.2) is 0 Å². The predicted octanol–water partition coefficient (Wildman–Crippen LogP) is 2.12. The van der Waals surface area contributed by atoms with Crippen molar-refractivity contribution in [3.63, 3.8) is 0 Å². The van der Waals surface area contributed by atoms with E-state index in [4.69, 9.17) is 5.26 Å². The smallest absolute Gasteiger partial charge is 0.137 e. The zero-order valence-electron chi connectivity index (χ0n) is 4.22. The third-order valence-corrected chi connectivity index (χ3v) is 0.887. The van der Waals surface area contributed by atoms with Crippen molar-refractivity contribution >= 4 is 11.8 Å². The molecular weight excluding hydrogens is 106 g/mol. The van der Waals surface area contributed by atoms with E-state index >= 15 is 0 Å². The first-order chi connectivity index (χ1) is 3.41. The molecule has 0 amide bonds. The molecule has 0 fully saturated rings. The van der Waals surface area contributed by atoms with Crippen molar-refractivity contribution in [1.82, 2.24) is 0 Å². The summed E-state index contributed by atoms with van der Waals surface area (Å²) in [5.41, 5.74) is 0. The lowest BCUT2D eigenvalue weighted by molar-refractivity contribution is 1.23. The van der Waals surface area contributed by atoms with E-state index in [1.54, 1.807) is 5.41 Å². The first-order valence-electron chi connectivity index (χ1n) is 2.11. The predicted molar refractivity (Wildman–Crippen MR) is 32.6 cm³/mol. The van der Waals surface area contributed by atoms with Crippen LogP contribution >= 0.6 is 11.8 Å².